The number of ether oxygens (including phenoxy) is 4. The minimum Gasteiger partial charge on any atom is -0.497 e. The van der Waals surface area contributed by atoms with Crippen LogP contribution in [0.2, 0.25) is 0 Å². The molecule has 0 saturated heterocycles. The maximum Gasteiger partial charge on any atom is 0.226 e. The summed E-state index contributed by atoms with van der Waals surface area (Å²) < 4.78 is 32.3. The number of nitrogens with zero attached hydrogens (tertiary/aromatic N) is 2. The molecule has 0 N–H and O–H groups in total. The van der Waals surface area contributed by atoms with E-state index in [0.29, 0.717) is 5.89 Å². The van der Waals surface area contributed by atoms with Crippen LogP contribution in [0.1, 0.15) is 0 Å². The number of hydrogen-bond donors (Lipinski definition) is 0. The molecule has 6 aromatic rings. The van der Waals surface area contributed by atoms with Gasteiger partial charge in [0.1, 0.15) is 23.0 Å². The number of rotatable bonds is 7. The molecule has 2 aromatic heterocycles. The number of oxazole rings is 2. The van der Waals surface area contributed by atoms with Crippen LogP contribution in [0.5, 0.6) is 23.0 Å². The summed E-state index contributed by atoms with van der Waals surface area (Å²) in [7, 11) is 6.58. The molecule has 0 saturated carbocycles. The fourth-order valence-corrected chi connectivity index (χ4v) is 3.98. The molecule has 220 valence electrons. The summed E-state index contributed by atoms with van der Waals surface area (Å²) in [6, 6.07) is 30.6. The molecule has 0 spiro atoms. The molecule has 4 aromatic carbocycles. The predicted molar refractivity (Wildman–Crippen MR) is 170 cm³/mol. The number of methoxy groups -OCH3 is 4. The van der Waals surface area contributed by atoms with Crippen molar-refractivity contribution in [3.8, 4) is 57.1 Å². The molecule has 0 amide bonds. The second-order valence-electron chi connectivity index (χ2n) is 8.74. The summed E-state index contributed by atoms with van der Waals surface area (Å²) in [5.41, 5.74) is 2.87. The lowest BCUT2D eigenvalue weighted by Gasteiger charge is -2.01. The molecule has 0 aliphatic rings. The molecule has 0 radical (unpaired) electrons. The van der Waals surface area contributed by atoms with Crippen LogP contribution >= 0.6 is 15.9 Å². The van der Waals surface area contributed by atoms with Crippen molar-refractivity contribution in [2.75, 3.05) is 28.4 Å². The van der Waals surface area contributed by atoms with Gasteiger partial charge in [0, 0.05) is 21.2 Å². The van der Waals surface area contributed by atoms with Gasteiger partial charge in [-0.05, 0) is 97.1 Å². The Morgan fingerprint density at radius 1 is 0.512 bits per heavy atom. The van der Waals surface area contributed by atoms with E-state index in [9.17, 15) is 0 Å². The van der Waals surface area contributed by atoms with Gasteiger partial charge in [-0.3, -0.25) is 0 Å². The van der Waals surface area contributed by atoms with Gasteiger partial charge in [0.25, 0.3) is 0 Å². The quantitative estimate of drug-likeness (QED) is 0.171. The van der Waals surface area contributed by atoms with Crippen molar-refractivity contribution in [3.63, 3.8) is 0 Å². The second kappa shape index (κ2) is 15.8. The van der Waals surface area contributed by atoms with E-state index in [1.54, 1.807) is 40.8 Å². The molecular formula is C34H31BrN2O6. The Bertz CT molecular complexity index is 1570. The van der Waals surface area contributed by atoms with Crippen molar-refractivity contribution in [2.24, 2.45) is 0 Å². The van der Waals surface area contributed by atoms with Crippen molar-refractivity contribution in [1.29, 1.82) is 0 Å². The van der Waals surface area contributed by atoms with Gasteiger partial charge in [-0.15, -0.1) is 0 Å². The number of aromatic nitrogens is 2. The molecule has 9 heteroatoms. The maximum atomic E-state index is 5.81. The van der Waals surface area contributed by atoms with Crippen molar-refractivity contribution < 1.29 is 27.8 Å². The van der Waals surface area contributed by atoms with Gasteiger partial charge < -0.3 is 27.8 Å². The first-order valence-electron chi connectivity index (χ1n) is 13.1. The number of halogens is 1. The number of benzene rings is 4. The Hall–Kier alpha value is -5.02. The lowest BCUT2D eigenvalue weighted by molar-refractivity contribution is 0.414. The Labute approximate surface area is 259 Å². The third kappa shape index (κ3) is 8.98. The minimum atomic E-state index is 0.587. The van der Waals surface area contributed by atoms with E-state index in [-0.39, 0.29) is 0 Å². The summed E-state index contributed by atoms with van der Waals surface area (Å²) in [6.07, 6.45) is 4.82. The molecule has 0 bridgehead atoms. The summed E-state index contributed by atoms with van der Waals surface area (Å²) >= 11 is 3.32. The summed E-state index contributed by atoms with van der Waals surface area (Å²) in [5.74, 6) is 5.42. The van der Waals surface area contributed by atoms with Crippen molar-refractivity contribution in [2.45, 2.75) is 0 Å². The SMILES string of the molecule is COc1ccc(-c2cnc(-c3ccc(OC)cc3)o2)cc1.COc1ccc(-c2cnco2)cc1.COc1ccc(Br)cc1. The Morgan fingerprint density at radius 3 is 1.35 bits per heavy atom. The van der Waals surface area contributed by atoms with Crippen LogP contribution in [-0.4, -0.2) is 38.4 Å². The molecule has 6 rings (SSSR count). The highest BCUT2D eigenvalue weighted by Crippen LogP contribution is 2.28. The van der Waals surface area contributed by atoms with E-state index in [2.05, 4.69) is 25.9 Å². The molecule has 0 aliphatic carbocycles. The molecular weight excluding hydrogens is 612 g/mol. The van der Waals surface area contributed by atoms with E-state index in [1.165, 1.54) is 6.39 Å². The first kappa shape index (κ1) is 30.9. The molecule has 0 unspecified atom stereocenters. The van der Waals surface area contributed by atoms with Crippen LogP contribution in [0.4, 0.5) is 0 Å². The average Bonchev–Trinajstić information content (AvgIpc) is 3.80. The third-order valence-corrected chi connectivity index (χ3v) is 6.60. The van der Waals surface area contributed by atoms with E-state index in [0.717, 1.165) is 55.7 Å². The molecule has 43 heavy (non-hydrogen) atoms. The summed E-state index contributed by atoms with van der Waals surface area (Å²) in [5, 5.41) is 0. The fraction of sp³-hybridized carbons (Fsp3) is 0.118. The van der Waals surface area contributed by atoms with Crippen LogP contribution in [0.15, 0.2) is 129 Å². The van der Waals surface area contributed by atoms with Crippen LogP contribution in [-0.2, 0) is 0 Å². The first-order chi connectivity index (χ1) is 21.0. The van der Waals surface area contributed by atoms with Crippen molar-refractivity contribution >= 4 is 15.9 Å². The lowest BCUT2D eigenvalue weighted by Crippen LogP contribution is -1.82. The standard InChI is InChI=1S/C17H15NO3.C10H9NO2.C7H7BrO/c1-19-14-7-3-12(4-8-14)16-11-18-17(21-16)13-5-9-15(20-2)10-6-13;1-12-9-4-2-8(3-5-9)10-6-11-7-13-10;1-9-7-4-2-6(8)3-5-7/h3-11H,1-2H3;2-7H,1H3;2-5H,1H3. The van der Waals surface area contributed by atoms with Crippen LogP contribution in [0.25, 0.3) is 34.1 Å². The lowest BCUT2D eigenvalue weighted by atomic mass is 10.2. The molecule has 2 heterocycles. The van der Waals surface area contributed by atoms with Crippen LogP contribution < -0.4 is 18.9 Å². The van der Waals surface area contributed by atoms with Gasteiger partial charge in [0.2, 0.25) is 5.89 Å². The predicted octanol–water partition coefficient (Wildman–Crippen LogP) is 8.83. The van der Waals surface area contributed by atoms with Crippen molar-refractivity contribution in [3.05, 3.63) is 120 Å². The first-order valence-corrected chi connectivity index (χ1v) is 13.9. The number of hydrogen-bond acceptors (Lipinski definition) is 8. The average molecular weight is 644 g/mol. The van der Waals surface area contributed by atoms with Gasteiger partial charge in [0.15, 0.2) is 17.9 Å². The van der Waals surface area contributed by atoms with Gasteiger partial charge in [-0.2, -0.15) is 0 Å². The van der Waals surface area contributed by atoms with E-state index in [4.69, 9.17) is 27.8 Å². The summed E-state index contributed by atoms with van der Waals surface area (Å²) in [4.78, 5) is 8.17. The highest BCUT2D eigenvalue weighted by atomic mass is 79.9. The Morgan fingerprint density at radius 2 is 0.930 bits per heavy atom. The highest BCUT2D eigenvalue weighted by molar-refractivity contribution is 9.10. The second-order valence-corrected chi connectivity index (χ2v) is 9.65. The zero-order valence-electron chi connectivity index (χ0n) is 24.2. The van der Waals surface area contributed by atoms with Crippen LogP contribution in [0, 0.1) is 0 Å². The maximum absolute atomic E-state index is 5.81. The zero-order chi connectivity index (χ0) is 30.4. The smallest absolute Gasteiger partial charge is 0.226 e. The molecule has 0 aliphatic heterocycles. The monoisotopic (exact) mass is 642 g/mol. The van der Waals surface area contributed by atoms with Gasteiger partial charge in [0.05, 0.1) is 40.8 Å². The highest BCUT2D eigenvalue weighted by Gasteiger charge is 2.09. The molecule has 0 fully saturated rings. The normalized spacial score (nSPS) is 9.98. The third-order valence-electron chi connectivity index (χ3n) is 6.07. The zero-order valence-corrected chi connectivity index (χ0v) is 25.8. The van der Waals surface area contributed by atoms with E-state index in [1.807, 2.05) is 97.1 Å². The Kier molecular flexibility index (Phi) is 11.4. The van der Waals surface area contributed by atoms with Gasteiger partial charge in [-0.25, -0.2) is 9.97 Å². The fourth-order valence-electron chi connectivity index (χ4n) is 3.71. The molecule has 8 nitrogen and oxygen atoms in total. The summed E-state index contributed by atoms with van der Waals surface area (Å²) in [6.45, 7) is 0. The van der Waals surface area contributed by atoms with Crippen molar-refractivity contribution in [1.82, 2.24) is 9.97 Å². The van der Waals surface area contributed by atoms with E-state index >= 15 is 0 Å². The van der Waals surface area contributed by atoms with Gasteiger partial charge >= 0.3 is 0 Å². The van der Waals surface area contributed by atoms with E-state index < -0.39 is 0 Å². The Balaban J connectivity index is 0.000000163. The molecule has 0 atom stereocenters. The van der Waals surface area contributed by atoms with Gasteiger partial charge in [-0.1, -0.05) is 15.9 Å². The topological polar surface area (TPSA) is 89.0 Å². The minimum absolute atomic E-state index is 0.587. The largest absolute Gasteiger partial charge is 0.497 e. The van der Waals surface area contributed by atoms with Crippen LogP contribution in [0.3, 0.4) is 0 Å².